The van der Waals surface area contributed by atoms with Gasteiger partial charge < -0.3 is 14.8 Å². The Balaban J connectivity index is 1.85. The quantitative estimate of drug-likeness (QED) is 0.576. The lowest BCUT2D eigenvalue weighted by Crippen LogP contribution is -2.32. The molecule has 0 bridgehead atoms. The highest BCUT2D eigenvalue weighted by molar-refractivity contribution is 6.46. The zero-order chi connectivity index (χ0) is 22.8. The van der Waals surface area contributed by atoms with Crippen molar-refractivity contribution in [3.05, 3.63) is 89.1 Å². The van der Waals surface area contributed by atoms with Gasteiger partial charge in [0.25, 0.3) is 11.8 Å². The Morgan fingerprint density at radius 1 is 0.781 bits per heavy atom. The van der Waals surface area contributed by atoms with E-state index in [-0.39, 0.29) is 11.6 Å². The van der Waals surface area contributed by atoms with Gasteiger partial charge in [-0.05, 0) is 54.8 Å². The molecule has 3 aromatic rings. The highest BCUT2D eigenvalue weighted by Crippen LogP contribution is 2.37. The first-order valence-corrected chi connectivity index (χ1v) is 10.2. The number of imide groups is 1. The van der Waals surface area contributed by atoms with Crippen molar-refractivity contribution in [3.8, 4) is 11.5 Å². The Morgan fingerprint density at radius 3 is 2.19 bits per heavy atom. The van der Waals surface area contributed by atoms with Gasteiger partial charge in [-0.3, -0.25) is 9.59 Å². The predicted octanol–water partition coefficient (Wildman–Crippen LogP) is 4.72. The Hall–Kier alpha value is -4.06. The van der Waals surface area contributed by atoms with Gasteiger partial charge in [0, 0.05) is 6.07 Å². The molecule has 0 atom stereocenters. The molecule has 4 rings (SSSR count). The second-order valence-electron chi connectivity index (χ2n) is 7.52. The molecule has 32 heavy (non-hydrogen) atoms. The molecule has 3 aromatic carbocycles. The van der Waals surface area contributed by atoms with Gasteiger partial charge in [-0.1, -0.05) is 36.4 Å². The van der Waals surface area contributed by atoms with Crippen LogP contribution in [0.25, 0.3) is 5.57 Å². The van der Waals surface area contributed by atoms with E-state index in [0.29, 0.717) is 34.0 Å². The third kappa shape index (κ3) is 3.71. The monoisotopic (exact) mass is 428 g/mol. The summed E-state index contributed by atoms with van der Waals surface area (Å²) in [6.07, 6.45) is 0. The molecule has 0 radical (unpaired) electrons. The molecular weight excluding hydrogens is 404 g/mol. The van der Waals surface area contributed by atoms with Gasteiger partial charge in [-0.25, -0.2) is 4.90 Å². The number of ether oxygens (including phenoxy) is 2. The highest BCUT2D eigenvalue weighted by Gasteiger charge is 2.40. The van der Waals surface area contributed by atoms with Gasteiger partial charge in [-0.15, -0.1) is 0 Å². The van der Waals surface area contributed by atoms with Crippen LogP contribution < -0.4 is 19.7 Å². The summed E-state index contributed by atoms with van der Waals surface area (Å²) in [5.74, 6) is 0.317. The van der Waals surface area contributed by atoms with E-state index in [2.05, 4.69) is 5.32 Å². The number of nitrogens with zero attached hydrogens (tertiary/aromatic N) is 1. The van der Waals surface area contributed by atoms with E-state index in [0.717, 1.165) is 11.1 Å². The number of carbonyl (C=O) groups is 2. The maximum Gasteiger partial charge on any atom is 0.282 e. The molecule has 0 aliphatic carbocycles. The first kappa shape index (κ1) is 21.2. The van der Waals surface area contributed by atoms with E-state index >= 15 is 0 Å². The van der Waals surface area contributed by atoms with Gasteiger partial charge in [0.1, 0.15) is 17.2 Å². The molecule has 0 saturated heterocycles. The first-order chi connectivity index (χ1) is 15.4. The van der Waals surface area contributed by atoms with Crippen molar-refractivity contribution in [1.29, 1.82) is 0 Å². The van der Waals surface area contributed by atoms with Crippen LogP contribution in [-0.2, 0) is 9.59 Å². The average molecular weight is 428 g/mol. The SMILES string of the molecule is COc1ccc(NC2=C(c3ccc(C)c(C)c3)C(=O)N(c3ccccc3)C2=O)c(OC)c1. The van der Waals surface area contributed by atoms with E-state index in [1.165, 1.54) is 12.0 Å². The molecule has 6 heteroatoms. The van der Waals surface area contributed by atoms with Gasteiger partial charge in [0.15, 0.2) is 0 Å². The Bertz CT molecular complexity index is 1230. The Morgan fingerprint density at radius 2 is 1.53 bits per heavy atom. The molecule has 1 aliphatic rings. The maximum atomic E-state index is 13.5. The molecule has 0 spiro atoms. The van der Waals surface area contributed by atoms with Crippen molar-refractivity contribution in [2.75, 3.05) is 24.4 Å². The summed E-state index contributed by atoms with van der Waals surface area (Å²) in [6.45, 7) is 3.99. The standard InChI is InChI=1S/C26H24N2O4/c1-16-10-11-18(14-17(16)2)23-24(27-21-13-12-20(31-3)15-22(21)32-4)26(30)28(25(23)29)19-8-6-5-7-9-19/h5-15,27H,1-4H3. The molecular formula is C26H24N2O4. The normalized spacial score (nSPS) is 13.6. The van der Waals surface area contributed by atoms with E-state index in [1.807, 2.05) is 38.1 Å². The van der Waals surface area contributed by atoms with Crippen molar-refractivity contribution in [3.63, 3.8) is 0 Å². The van der Waals surface area contributed by atoms with Crippen molar-refractivity contribution < 1.29 is 19.1 Å². The number of carbonyl (C=O) groups excluding carboxylic acids is 2. The molecule has 0 saturated carbocycles. The van der Waals surface area contributed by atoms with Crippen LogP contribution in [0.3, 0.4) is 0 Å². The highest BCUT2D eigenvalue weighted by atomic mass is 16.5. The zero-order valence-corrected chi connectivity index (χ0v) is 18.4. The third-order valence-electron chi connectivity index (χ3n) is 5.56. The summed E-state index contributed by atoms with van der Waals surface area (Å²) in [5.41, 5.74) is 4.42. The van der Waals surface area contributed by atoms with Crippen molar-refractivity contribution >= 4 is 28.8 Å². The molecule has 1 N–H and O–H groups in total. The minimum Gasteiger partial charge on any atom is -0.497 e. The summed E-state index contributed by atoms with van der Waals surface area (Å²) >= 11 is 0. The van der Waals surface area contributed by atoms with Gasteiger partial charge in [-0.2, -0.15) is 0 Å². The predicted molar refractivity (Wildman–Crippen MR) is 125 cm³/mol. The molecule has 0 fully saturated rings. The molecule has 0 aromatic heterocycles. The van der Waals surface area contributed by atoms with Crippen LogP contribution in [0.4, 0.5) is 11.4 Å². The lowest BCUT2D eigenvalue weighted by molar-refractivity contribution is -0.120. The van der Waals surface area contributed by atoms with Crippen LogP contribution in [0.15, 0.2) is 72.4 Å². The van der Waals surface area contributed by atoms with E-state index in [9.17, 15) is 9.59 Å². The van der Waals surface area contributed by atoms with Crippen molar-refractivity contribution in [2.24, 2.45) is 0 Å². The first-order valence-electron chi connectivity index (χ1n) is 10.2. The zero-order valence-electron chi connectivity index (χ0n) is 18.4. The molecule has 1 heterocycles. The number of amides is 2. The largest absolute Gasteiger partial charge is 0.497 e. The van der Waals surface area contributed by atoms with E-state index < -0.39 is 5.91 Å². The Kier molecular flexibility index (Phi) is 5.69. The van der Waals surface area contributed by atoms with Crippen LogP contribution >= 0.6 is 0 Å². The fraction of sp³-hybridized carbons (Fsp3) is 0.154. The molecule has 2 amide bonds. The number of methoxy groups -OCH3 is 2. The summed E-state index contributed by atoms with van der Waals surface area (Å²) in [6, 6.07) is 19.9. The van der Waals surface area contributed by atoms with Gasteiger partial charge in [0.2, 0.25) is 0 Å². The van der Waals surface area contributed by atoms with Gasteiger partial charge in [0.05, 0.1) is 31.2 Å². The molecule has 6 nitrogen and oxygen atoms in total. The minimum atomic E-state index is -0.424. The van der Waals surface area contributed by atoms with Gasteiger partial charge >= 0.3 is 0 Å². The smallest absolute Gasteiger partial charge is 0.282 e. The van der Waals surface area contributed by atoms with Crippen LogP contribution in [0.5, 0.6) is 11.5 Å². The fourth-order valence-corrected chi connectivity index (χ4v) is 3.66. The lowest BCUT2D eigenvalue weighted by Gasteiger charge is -2.16. The molecule has 1 aliphatic heterocycles. The second-order valence-corrected chi connectivity index (χ2v) is 7.52. The molecule has 162 valence electrons. The number of rotatable bonds is 6. The summed E-state index contributed by atoms with van der Waals surface area (Å²) in [4.78, 5) is 28.2. The van der Waals surface area contributed by atoms with Crippen LogP contribution in [0.2, 0.25) is 0 Å². The number of hydrogen-bond donors (Lipinski definition) is 1. The lowest BCUT2D eigenvalue weighted by atomic mass is 9.99. The van der Waals surface area contributed by atoms with Crippen molar-refractivity contribution in [1.82, 2.24) is 0 Å². The maximum absolute atomic E-state index is 13.5. The second kappa shape index (κ2) is 8.59. The number of anilines is 2. The van der Waals surface area contributed by atoms with Crippen LogP contribution in [0, 0.1) is 13.8 Å². The third-order valence-corrected chi connectivity index (χ3v) is 5.56. The van der Waals surface area contributed by atoms with Crippen molar-refractivity contribution in [2.45, 2.75) is 13.8 Å². The minimum absolute atomic E-state index is 0.200. The van der Waals surface area contributed by atoms with Crippen LogP contribution in [0.1, 0.15) is 16.7 Å². The number of aryl methyl sites for hydroxylation is 2. The number of para-hydroxylation sites is 1. The molecule has 0 unspecified atom stereocenters. The number of benzene rings is 3. The average Bonchev–Trinajstić information content (AvgIpc) is 3.05. The number of nitrogens with one attached hydrogen (secondary N) is 1. The van der Waals surface area contributed by atoms with E-state index in [4.69, 9.17) is 9.47 Å². The summed E-state index contributed by atoms with van der Waals surface area (Å²) < 4.78 is 10.7. The number of hydrogen-bond acceptors (Lipinski definition) is 5. The fourth-order valence-electron chi connectivity index (χ4n) is 3.66. The Labute approximate surface area is 187 Å². The summed E-state index contributed by atoms with van der Waals surface area (Å²) in [5, 5.41) is 3.16. The topological polar surface area (TPSA) is 67.9 Å². The summed E-state index contributed by atoms with van der Waals surface area (Å²) in [7, 11) is 3.11. The van der Waals surface area contributed by atoms with E-state index in [1.54, 1.807) is 49.6 Å². The van der Waals surface area contributed by atoms with Crippen LogP contribution in [-0.4, -0.2) is 26.0 Å².